The highest BCUT2D eigenvalue weighted by molar-refractivity contribution is 7.99. The van der Waals surface area contributed by atoms with Gasteiger partial charge in [0.05, 0.1) is 11.1 Å². The maximum absolute atomic E-state index is 12.3. The van der Waals surface area contributed by atoms with Crippen LogP contribution in [0.25, 0.3) is 11.1 Å². The van der Waals surface area contributed by atoms with Gasteiger partial charge in [-0.25, -0.2) is 9.78 Å². The number of hydrogen-bond acceptors (Lipinski definition) is 7. The number of thioether (sulfide) groups is 1. The number of nitrogens with two attached hydrogens (primary N) is 1. The third-order valence-corrected chi connectivity index (χ3v) is 5.72. The van der Waals surface area contributed by atoms with Gasteiger partial charge in [0, 0.05) is 23.4 Å². The molecule has 0 radical (unpaired) electrons. The molecular weight excluding hydrogens is 438 g/mol. The van der Waals surface area contributed by atoms with Gasteiger partial charge in [-0.2, -0.15) is 10.5 Å². The molecule has 2 aromatic carbocycles. The molecule has 1 aromatic heterocycles. The molecule has 0 saturated heterocycles. The summed E-state index contributed by atoms with van der Waals surface area (Å²) in [6.45, 7) is 1.94. The van der Waals surface area contributed by atoms with Crippen LogP contribution in [0, 0.1) is 29.6 Å². The van der Waals surface area contributed by atoms with Gasteiger partial charge in [0.1, 0.15) is 28.5 Å². The van der Waals surface area contributed by atoms with Crippen LogP contribution >= 0.6 is 11.8 Å². The molecular formula is C24H19N5O3S. The number of nitriles is 2. The minimum atomic E-state index is -1.04. The number of hydrogen-bond donors (Lipinski definition) is 3. The number of rotatable bonds is 7. The average Bonchev–Trinajstić information content (AvgIpc) is 2.79. The Morgan fingerprint density at radius 2 is 1.70 bits per heavy atom. The lowest BCUT2D eigenvalue weighted by atomic mass is 9.96. The molecule has 0 fully saturated rings. The van der Waals surface area contributed by atoms with Crippen LogP contribution in [0.15, 0.2) is 53.6 Å². The van der Waals surface area contributed by atoms with Gasteiger partial charge in [-0.15, -0.1) is 11.8 Å². The molecule has 1 amide bonds. The lowest BCUT2D eigenvalue weighted by molar-refractivity contribution is -0.115. The fraction of sp³-hybridized carbons (Fsp3) is 0.125. The highest BCUT2D eigenvalue weighted by Crippen LogP contribution is 2.35. The molecule has 4 N–H and O–H groups in total. The molecule has 3 aromatic rings. The van der Waals surface area contributed by atoms with Crippen LogP contribution in [0.1, 0.15) is 33.5 Å². The van der Waals surface area contributed by atoms with Crippen molar-refractivity contribution in [3.63, 3.8) is 0 Å². The van der Waals surface area contributed by atoms with Crippen LogP contribution < -0.4 is 11.1 Å². The molecule has 8 nitrogen and oxygen atoms in total. The van der Waals surface area contributed by atoms with Crippen LogP contribution in [-0.4, -0.2) is 27.7 Å². The Bertz CT molecular complexity index is 1290. The first-order valence-electron chi connectivity index (χ1n) is 9.80. The summed E-state index contributed by atoms with van der Waals surface area (Å²) in [6.07, 6.45) is 0.123. The second-order valence-corrected chi connectivity index (χ2v) is 8.13. The molecule has 164 valence electrons. The van der Waals surface area contributed by atoms with Gasteiger partial charge in [-0.05, 0) is 36.8 Å². The number of nitrogens with zero attached hydrogens (tertiary/aromatic N) is 3. The minimum Gasteiger partial charge on any atom is -0.478 e. The zero-order valence-corrected chi connectivity index (χ0v) is 18.4. The monoisotopic (exact) mass is 457 g/mol. The predicted octanol–water partition coefficient (Wildman–Crippen LogP) is 4.20. The van der Waals surface area contributed by atoms with E-state index in [9.17, 15) is 20.1 Å². The third-order valence-electron chi connectivity index (χ3n) is 4.74. The van der Waals surface area contributed by atoms with E-state index in [2.05, 4.69) is 16.4 Å². The first-order valence-corrected chi connectivity index (χ1v) is 10.8. The molecule has 0 unspecified atom stereocenters. The summed E-state index contributed by atoms with van der Waals surface area (Å²) >= 11 is 1.20. The molecule has 0 spiro atoms. The standard InChI is InChI=1S/C24H19N5O3S/c1-14-2-4-15(5-3-14)21-18(12-25)22(27)29-23(19(21)13-26)33-11-10-20(30)28-17-8-6-16(7-9-17)24(31)32/h2-9H,10-11H2,1H3,(H2,27,29)(H,28,30)(H,31,32). The smallest absolute Gasteiger partial charge is 0.335 e. The lowest BCUT2D eigenvalue weighted by Crippen LogP contribution is -2.12. The summed E-state index contributed by atoms with van der Waals surface area (Å²) in [5.41, 5.74) is 9.15. The van der Waals surface area contributed by atoms with Gasteiger partial charge in [0.2, 0.25) is 5.91 Å². The number of carbonyl (C=O) groups excluding carboxylic acids is 1. The number of aromatic carboxylic acids is 1. The Kier molecular flexibility index (Phi) is 7.29. The molecule has 9 heteroatoms. The second kappa shape index (κ2) is 10.3. The van der Waals surface area contributed by atoms with E-state index >= 15 is 0 Å². The maximum Gasteiger partial charge on any atom is 0.335 e. The van der Waals surface area contributed by atoms with Crippen molar-refractivity contribution in [3.05, 3.63) is 70.8 Å². The van der Waals surface area contributed by atoms with Crippen LogP contribution in [0.5, 0.6) is 0 Å². The fourth-order valence-electron chi connectivity index (χ4n) is 3.07. The van der Waals surface area contributed by atoms with E-state index < -0.39 is 5.97 Å². The normalized spacial score (nSPS) is 10.2. The van der Waals surface area contributed by atoms with Gasteiger partial charge in [0.15, 0.2) is 0 Å². The Morgan fingerprint density at radius 1 is 1.06 bits per heavy atom. The van der Waals surface area contributed by atoms with Gasteiger partial charge < -0.3 is 16.2 Å². The van der Waals surface area contributed by atoms with E-state index in [0.29, 0.717) is 27.6 Å². The summed E-state index contributed by atoms with van der Waals surface area (Å²) < 4.78 is 0. The number of pyridine rings is 1. The van der Waals surface area contributed by atoms with Crippen molar-refractivity contribution >= 4 is 35.1 Å². The summed E-state index contributed by atoms with van der Waals surface area (Å²) in [4.78, 5) is 27.4. The first kappa shape index (κ1) is 23.3. The quantitative estimate of drug-likeness (QED) is 0.446. The number of carboxylic acids is 1. The summed E-state index contributed by atoms with van der Waals surface area (Å²) in [5.74, 6) is -0.974. The molecule has 0 bridgehead atoms. The number of amides is 1. The second-order valence-electron chi connectivity index (χ2n) is 7.05. The van der Waals surface area contributed by atoms with Crippen molar-refractivity contribution in [2.45, 2.75) is 18.4 Å². The fourth-order valence-corrected chi connectivity index (χ4v) is 4.01. The van der Waals surface area contributed by atoms with E-state index in [1.54, 1.807) is 0 Å². The molecule has 0 aliphatic carbocycles. The van der Waals surface area contributed by atoms with Crippen LogP contribution in [-0.2, 0) is 4.79 Å². The molecule has 1 heterocycles. The summed E-state index contributed by atoms with van der Waals surface area (Å²) in [6, 6.07) is 17.4. The SMILES string of the molecule is Cc1ccc(-c2c(C#N)c(N)nc(SCCC(=O)Nc3ccc(C(=O)O)cc3)c2C#N)cc1. The number of carbonyl (C=O) groups is 2. The van der Waals surface area contributed by atoms with Gasteiger partial charge in [-0.1, -0.05) is 29.8 Å². The van der Waals surface area contributed by atoms with Crippen molar-refractivity contribution in [2.75, 3.05) is 16.8 Å². The zero-order valence-electron chi connectivity index (χ0n) is 17.6. The number of carboxylic acid groups (broad SMARTS) is 1. The third kappa shape index (κ3) is 5.48. The first-order chi connectivity index (χ1) is 15.8. The van der Waals surface area contributed by atoms with Crippen molar-refractivity contribution in [3.8, 4) is 23.3 Å². The van der Waals surface area contributed by atoms with E-state index in [4.69, 9.17) is 10.8 Å². The highest BCUT2D eigenvalue weighted by atomic mass is 32.2. The number of anilines is 2. The van der Waals surface area contributed by atoms with E-state index in [1.165, 1.54) is 36.0 Å². The number of aromatic nitrogens is 1. The summed E-state index contributed by atoms with van der Waals surface area (Å²) in [5, 5.41) is 31.4. The lowest BCUT2D eigenvalue weighted by Gasteiger charge is -2.13. The molecule has 0 atom stereocenters. The van der Waals surface area contributed by atoms with Gasteiger partial charge in [-0.3, -0.25) is 4.79 Å². The van der Waals surface area contributed by atoms with E-state index in [1.807, 2.05) is 37.3 Å². The number of nitrogen functional groups attached to an aromatic ring is 1. The Morgan fingerprint density at radius 3 is 2.27 bits per heavy atom. The van der Waals surface area contributed by atoms with E-state index in [-0.39, 0.29) is 34.8 Å². The van der Waals surface area contributed by atoms with Crippen molar-refractivity contribution in [1.29, 1.82) is 10.5 Å². The predicted molar refractivity (Wildman–Crippen MR) is 126 cm³/mol. The minimum absolute atomic E-state index is 0.0255. The Labute approximate surface area is 194 Å². The maximum atomic E-state index is 12.3. The highest BCUT2D eigenvalue weighted by Gasteiger charge is 2.20. The van der Waals surface area contributed by atoms with Crippen molar-refractivity contribution < 1.29 is 14.7 Å². The van der Waals surface area contributed by atoms with Crippen LogP contribution in [0.2, 0.25) is 0 Å². The van der Waals surface area contributed by atoms with Crippen molar-refractivity contribution in [2.24, 2.45) is 0 Å². The van der Waals surface area contributed by atoms with Crippen LogP contribution in [0.3, 0.4) is 0 Å². The number of aryl methyl sites for hydroxylation is 1. The van der Waals surface area contributed by atoms with Gasteiger partial charge >= 0.3 is 5.97 Å². The summed E-state index contributed by atoms with van der Waals surface area (Å²) in [7, 11) is 0. The van der Waals surface area contributed by atoms with E-state index in [0.717, 1.165) is 5.56 Å². The van der Waals surface area contributed by atoms with Crippen molar-refractivity contribution in [1.82, 2.24) is 4.98 Å². The number of nitrogens with one attached hydrogen (secondary N) is 1. The molecule has 0 saturated carbocycles. The number of benzene rings is 2. The molecule has 0 aliphatic rings. The molecule has 33 heavy (non-hydrogen) atoms. The molecule has 3 rings (SSSR count). The Hall–Kier alpha value is -4.34. The zero-order chi connectivity index (χ0) is 24.0. The Balaban J connectivity index is 1.76. The van der Waals surface area contributed by atoms with Crippen LogP contribution in [0.4, 0.5) is 11.5 Å². The molecule has 0 aliphatic heterocycles. The topological polar surface area (TPSA) is 153 Å². The largest absolute Gasteiger partial charge is 0.478 e. The average molecular weight is 458 g/mol. The van der Waals surface area contributed by atoms with Gasteiger partial charge in [0.25, 0.3) is 0 Å².